The van der Waals surface area contributed by atoms with Crippen molar-refractivity contribution < 1.29 is 24.9 Å². The van der Waals surface area contributed by atoms with E-state index >= 15 is 0 Å². The van der Waals surface area contributed by atoms with Crippen molar-refractivity contribution in [2.45, 2.75) is 49.2 Å². The Hall–Kier alpha value is -0.890. The highest BCUT2D eigenvalue weighted by molar-refractivity contribution is 5.72. The Kier molecular flexibility index (Phi) is 2.45. The number of alkyl carbamates (subject to hydrolysis) is 1. The molecule has 0 radical (unpaired) electrons. The van der Waals surface area contributed by atoms with Gasteiger partial charge in [0.25, 0.3) is 0 Å². The molecule has 1 saturated carbocycles. The molecule has 1 aliphatic carbocycles. The largest absolute Gasteiger partial charge is 0.444 e. The summed E-state index contributed by atoms with van der Waals surface area (Å²) < 4.78 is 4.96. The van der Waals surface area contributed by atoms with E-state index in [0.717, 1.165) is 0 Å². The van der Waals surface area contributed by atoms with Gasteiger partial charge in [-0.2, -0.15) is 0 Å². The van der Waals surface area contributed by atoms with Crippen LogP contribution in [0.4, 0.5) is 4.79 Å². The number of carbonyl (C=O) groups excluding carboxylic acids is 1. The molecule has 0 aromatic heterocycles. The van der Waals surface area contributed by atoms with Gasteiger partial charge in [0.05, 0.1) is 6.61 Å². The summed E-state index contributed by atoms with van der Waals surface area (Å²) in [7, 11) is 0. The van der Waals surface area contributed by atoms with Gasteiger partial charge in [0.1, 0.15) is 22.8 Å². The van der Waals surface area contributed by atoms with E-state index in [-0.39, 0.29) is 6.42 Å². The molecular weight excluding hydrogens is 228 g/mol. The molecule has 2 aliphatic rings. The maximum absolute atomic E-state index is 11.3. The number of amides is 1. The summed E-state index contributed by atoms with van der Waals surface area (Å²) in [5.41, 5.74) is 1.10. The second kappa shape index (κ2) is 3.32. The first-order valence-electron chi connectivity index (χ1n) is 5.51. The van der Waals surface area contributed by atoms with Crippen molar-refractivity contribution in [3.63, 3.8) is 0 Å². The normalized spacial score (nSPS) is 53.9. The molecule has 0 aromatic carbocycles. The lowest BCUT2D eigenvalue weighted by atomic mass is 9.74. The van der Waals surface area contributed by atoms with E-state index in [2.05, 4.69) is 5.32 Å². The lowest BCUT2D eigenvalue weighted by Crippen LogP contribution is -2.72. The molecular formula is C10H18N2O5. The maximum atomic E-state index is 11.3. The number of carbonyl (C=O) groups is 1. The molecule has 17 heavy (non-hydrogen) atoms. The van der Waals surface area contributed by atoms with Crippen LogP contribution in [0, 0.1) is 0 Å². The highest BCUT2D eigenvalue weighted by Crippen LogP contribution is 2.49. The zero-order chi connectivity index (χ0) is 13.1. The van der Waals surface area contributed by atoms with Gasteiger partial charge in [-0.05, 0) is 20.3 Å². The quantitative estimate of drug-likeness (QED) is 0.366. The van der Waals surface area contributed by atoms with Gasteiger partial charge >= 0.3 is 6.09 Å². The van der Waals surface area contributed by atoms with E-state index in [4.69, 9.17) is 10.5 Å². The Labute approximate surface area is 98.6 Å². The van der Waals surface area contributed by atoms with E-state index in [1.54, 1.807) is 6.92 Å². The molecule has 7 nitrogen and oxygen atoms in total. The zero-order valence-electron chi connectivity index (χ0n) is 9.80. The lowest BCUT2D eigenvalue weighted by Gasteiger charge is -2.44. The fraction of sp³-hybridized carbons (Fsp3) is 0.900. The predicted molar refractivity (Wildman–Crippen MR) is 57.1 cm³/mol. The van der Waals surface area contributed by atoms with Crippen LogP contribution in [0.15, 0.2) is 0 Å². The number of aliphatic hydroxyl groups excluding tert-OH is 1. The minimum atomic E-state index is -1.78. The third-order valence-electron chi connectivity index (χ3n) is 4.35. The van der Waals surface area contributed by atoms with Crippen LogP contribution in [-0.4, -0.2) is 56.9 Å². The monoisotopic (exact) mass is 246 g/mol. The Morgan fingerprint density at radius 1 is 1.59 bits per heavy atom. The number of nitrogens with two attached hydrogens (primary N) is 1. The molecule has 5 atom stereocenters. The minimum Gasteiger partial charge on any atom is -0.444 e. The molecule has 1 heterocycles. The summed E-state index contributed by atoms with van der Waals surface area (Å²) in [6.07, 6.45) is -1.40. The summed E-state index contributed by atoms with van der Waals surface area (Å²) in [6.45, 7) is 2.30. The van der Waals surface area contributed by atoms with Crippen LogP contribution in [0.5, 0.6) is 0 Å². The summed E-state index contributed by atoms with van der Waals surface area (Å²) in [5, 5.41) is 32.5. The van der Waals surface area contributed by atoms with Crippen molar-refractivity contribution in [1.82, 2.24) is 5.32 Å². The van der Waals surface area contributed by atoms with Crippen LogP contribution in [0.2, 0.25) is 0 Å². The molecule has 98 valence electrons. The molecule has 1 spiro atoms. The number of nitrogens with one attached hydrogen (secondary N) is 1. The first-order chi connectivity index (χ1) is 7.71. The second-order valence-corrected chi connectivity index (χ2v) is 5.11. The molecule has 2 fully saturated rings. The van der Waals surface area contributed by atoms with E-state index in [0.29, 0.717) is 0 Å². The first-order valence-corrected chi connectivity index (χ1v) is 5.51. The van der Waals surface area contributed by atoms with Crippen LogP contribution in [0.1, 0.15) is 20.3 Å². The molecule has 2 rings (SSSR count). The molecule has 6 N–H and O–H groups in total. The van der Waals surface area contributed by atoms with Crippen LogP contribution < -0.4 is 11.1 Å². The van der Waals surface area contributed by atoms with Gasteiger partial charge in [0.15, 0.2) is 0 Å². The maximum Gasteiger partial charge on any atom is 0.408 e. The summed E-state index contributed by atoms with van der Waals surface area (Å²) in [5.74, 6) is 0. The van der Waals surface area contributed by atoms with Crippen molar-refractivity contribution in [3.8, 4) is 0 Å². The molecule has 7 heteroatoms. The molecule has 0 aromatic rings. The van der Waals surface area contributed by atoms with Gasteiger partial charge in [0.2, 0.25) is 0 Å². The standard InChI is InChI=1S/C10H18N2O5/c1-5-10(12-7(14)17-5)6(11)3-9(16,4-13)8(10,2)15/h5-6,13,15-16H,3-4,11H2,1-2H3,(H,12,14)/t5-,6-,8-,9-,10-/m0/s1. The SMILES string of the molecule is C[C@@H]1OC(=O)N[C@]12[C@@H](N)C[C@](O)(CO)[C@]2(C)O. The van der Waals surface area contributed by atoms with Gasteiger partial charge in [-0.25, -0.2) is 4.79 Å². The Morgan fingerprint density at radius 2 is 2.18 bits per heavy atom. The number of ether oxygens (including phenoxy) is 1. The average Bonchev–Trinajstić information content (AvgIpc) is 2.60. The van der Waals surface area contributed by atoms with Gasteiger partial charge in [0, 0.05) is 6.04 Å². The van der Waals surface area contributed by atoms with Gasteiger partial charge in [-0.1, -0.05) is 0 Å². The lowest BCUT2D eigenvalue weighted by molar-refractivity contribution is -0.174. The van der Waals surface area contributed by atoms with Crippen LogP contribution in [0.25, 0.3) is 0 Å². The minimum absolute atomic E-state index is 0.0233. The highest BCUT2D eigenvalue weighted by atomic mass is 16.6. The Morgan fingerprint density at radius 3 is 2.53 bits per heavy atom. The van der Waals surface area contributed by atoms with Crippen molar-refractivity contribution in [3.05, 3.63) is 0 Å². The van der Waals surface area contributed by atoms with E-state index in [9.17, 15) is 20.1 Å². The van der Waals surface area contributed by atoms with Gasteiger partial charge in [-0.3, -0.25) is 0 Å². The predicted octanol–water partition coefficient (Wildman–Crippen LogP) is -1.94. The summed E-state index contributed by atoms with van der Waals surface area (Å²) in [4.78, 5) is 11.3. The fourth-order valence-electron chi connectivity index (χ4n) is 3.15. The Bertz CT molecular complexity index is 361. The molecule has 1 saturated heterocycles. The number of hydrogen-bond acceptors (Lipinski definition) is 6. The van der Waals surface area contributed by atoms with Crippen LogP contribution in [0.3, 0.4) is 0 Å². The first kappa shape index (κ1) is 12.6. The van der Waals surface area contributed by atoms with Crippen molar-refractivity contribution in [2.24, 2.45) is 5.73 Å². The van der Waals surface area contributed by atoms with Gasteiger partial charge in [-0.15, -0.1) is 0 Å². The fourth-order valence-corrected chi connectivity index (χ4v) is 3.15. The van der Waals surface area contributed by atoms with E-state index in [1.165, 1.54) is 6.92 Å². The molecule has 1 amide bonds. The van der Waals surface area contributed by atoms with Crippen molar-refractivity contribution >= 4 is 6.09 Å². The molecule has 1 aliphatic heterocycles. The van der Waals surface area contributed by atoms with Crippen LogP contribution in [-0.2, 0) is 4.74 Å². The number of rotatable bonds is 1. The zero-order valence-corrected chi connectivity index (χ0v) is 9.80. The highest BCUT2D eigenvalue weighted by Gasteiger charge is 2.73. The summed E-state index contributed by atoms with van der Waals surface area (Å²) in [6, 6.07) is -0.712. The number of hydrogen-bond donors (Lipinski definition) is 5. The molecule has 0 bridgehead atoms. The van der Waals surface area contributed by atoms with Crippen molar-refractivity contribution in [2.75, 3.05) is 6.61 Å². The Balaban J connectivity index is 2.51. The third-order valence-corrected chi connectivity index (χ3v) is 4.35. The number of cyclic esters (lactones) is 1. The molecule has 0 unspecified atom stereocenters. The smallest absolute Gasteiger partial charge is 0.408 e. The summed E-state index contributed by atoms with van der Waals surface area (Å²) >= 11 is 0. The van der Waals surface area contributed by atoms with Crippen molar-refractivity contribution in [1.29, 1.82) is 0 Å². The van der Waals surface area contributed by atoms with E-state index < -0.39 is 41.6 Å². The number of aliphatic hydroxyl groups is 3. The van der Waals surface area contributed by atoms with E-state index in [1.807, 2.05) is 0 Å². The third kappa shape index (κ3) is 1.22. The topological polar surface area (TPSA) is 125 Å². The second-order valence-electron chi connectivity index (χ2n) is 5.11. The average molecular weight is 246 g/mol. The van der Waals surface area contributed by atoms with Gasteiger partial charge < -0.3 is 31.1 Å². The van der Waals surface area contributed by atoms with Crippen LogP contribution >= 0.6 is 0 Å².